The molecule has 0 aliphatic heterocycles. The van der Waals surface area contributed by atoms with Crippen LogP contribution in [0.2, 0.25) is 0 Å². The normalized spacial score (nSPS) is 14.3. The van der Waals surface area contributed by atoms with Crippen molar-refractivity contribution in [2.45, 2.75) is 128 Å². The van der Waals surface area contributed by atoms with Gasteiger partial charge in [0.05, 0.1) is 19.0 Å². The summed E-state index contributed by atoms with van der Waals surface area (Å²) in [6.07, 6.45) is 2.37. The molecule has 20 N–H and O–H groups in total. The molecule has 2 heterocycles. The van der Waals surface area contributed by atoms with E-state index in [1.807, 2.05) is 24.3 Å². The topological polar surface area (TPSA) is 449 Å². The lowest BCUT2D eigenvalue weighted by Crippen LogP contribution is -2.59. The average Bonchev–Trinajstić information content (AvgIpc) is 3.98. The maximum absolute atomic E-state index is 14.1. The number of nitrogens with one attached hydrogen (secondary N) is 9. The quantitative estimate of drug-likeness (QED) is 0.0145. The number of aliphatic imine (C=N–C) groups is 1. The number of aromatic nitrogens is 2. The van der Waals surface area contributed by atoms with Gasteiger partial charge in [-0.2, -0.15) is 0 Å². The van der Waals surface area contributed by atoms with Crippen molar-refractivity contribution in [3.8, 4) is 0 Å². The average molecular weight is 1070 g/mol. The van der Waals surface area contributed by atoms with Gasteiger partial charge in [0.1, 0.15) is 36.3 Å². The van der Waals surface area contributed by atoms with Crippen molar-refractivity contribution < 1.29 is 53.1 Å². The van der Waals surface area contributed by atoms with Gasteiger partial charge in [0.2, 0.25) is 53.2 Å². The number of aromatic amines is 2. The molecule has 4 rings (SSSR count). The molecule has 26 heteroatoms. The number of primary amides is 2. The number of benzene rings is 2. The third kappa shape index (κ3) is 19.3. The van der Waals surface area contributed by atoms with E-state index >= 15 is 0 Å². The Bertz CT molecular complexity index is 2770. The van der Waals surface area contributed by atoms with Crippen LogP contribution in [0.4, 0.5) is 0 Å². The molecule has 26 nitrogen and oxygen atoms in total. The number of para-hydroxylation sites is 2. The van der Waals surface area contributed by atoms with Crippen LogP contribution in [0.3, 0.4) is 0 Å². The minimum atomic E-state index is -1.73. The van der Waals surface area contributed by atoms with Gasteiger partial charge in [-0.25, -0.2) is 4.79 Å². The lowest BCUT2D eigenvalue weighted by atomic mass is 9.98. The second-order valence-corrected chi connectivity index (χ2v) is 19.3. The third-order valence-corrected chi connectivity index (χ3v) is 12.7. The number of fused-ring (bicyclic) bond motifs is 2. The molecule has 2 aromatic carbocycles. The van der Waals surface area contributed by atoms with Gasteiger partial charge >= 0.3 is 5.97 Å². The minimum absolute atomic E-state index is 0.00394. The fourth-order valence-electron chi connectivity index (χ4n) is 8.37. The zero-order chi connectivity index (χ0) is 56.9. The van der Waals surface area contributed by atoms with Crippen molar-refractivity contribution in [3.05, 3.63) is 72.1 Å². The van der Waals surface area contributed by atoms with Crippen LogP contribution in [0, 0.1) is 11.8 Å². The molecule has 9 amide bonds. The summed E-state index contributed by atoms with van der Waals surface area (Å²) < 4.78 is 0. The zero-order valence-electron chi connectivity index (χ0n) is 43.6. The number of rotatable bonds is 32. The Morgan fingerprint density at radius 3 is 1.68 bits per heavy atom. The summed E-state index contributed by atoms with van der Waals surface area (Å²) in [6.45, 7) is 6.18. The second kappa shape index (κ2) is 29.5. The van der Waals surface area contributed by atoms with E-state index in [1.165, 1.54) is 0 Å². The summed E-state index contributed by atoms with van der Waals surface area (Å²) in [4.78, 5) is 143. The van der Waals surface area contributed by atoms with E-state index in [0.717, 1.165) is 16.5 Å². The second-order valence-electron chi connectivity index (χ2n) is 19.3. The molecule has 418 valence electrons. The Labute approximate surface area is 444 Å². The number of guanidine groups is 1. The Morgan fingerprint density at radius 1 is 0.610 bits per heavy atom. The zero-order valence-corrected chi connectivity index (χ0v) is 43.6. The third-order valence-electron chi connectivity index (χ3n) is 12.7. The maximum Gasteiger partial charge on any atom is 0.326 e. The number of carbonyl (C=O) groups excluding carboxylic acids is 9. The van der Waals surface area contributed by atoms with Crippen molar-refractivity contribution in [2.24, 2.45) is 45.5 Å². The molecular formula is C51H73N15O11. The van der Waals surface area contributed by atoms with Crippen molar-refractivity contribution >= 4 is 86.9 Å². The van der Waals surface area contributed by atoms with Crippen LogP contribution in [-0.4, -0.2) is 136 Å². The van der Waals surface area contributed by atoms with E-state index in [1.54, 1.807) is 64.4 Å². The van der Waals surface area contributed by atoms with Gasteiger partial charge in [0.15, 0.2) is 5.96 Å². The number of hydrogen-bond donors (Lipinski definition) is 15. The first kappa shape index (κ1) is 61.0. The van der Waals surface area contributed by atoms with Crippen LogP contribution in [-0.2, 0) is 60.8 Å². The first-order valence-electron chi connectivity index (χ1n) is 25.3. The summed E-state index contributed by atoms with van der Waals surface area (Å²) in [5, 5.41) is 29.1. The molecule has 2 aromatic heterocycles. The smallest absolute Gasteiger partial charge is 0.326 e. The Balaban J connectivity index is 1.49. The highest BCUT2D eigenvalue weighted by atomic mass is 16.4. The highest BCUT2D eigenvalue weighted by Crippen LogP contribution is 2.21. The fourth-order valence-corrected chi connectivity index (χ4v) is 8.37. The molecule has 4 aromatic rings. The molecule has 0 unspecified atom stereocenters. The molecule has 0 spiro atoms. The summed E-state index contributed by atoms with van der Waals surface area (Å²) in [7, 11) is 0. The van der Waals surface area contributed by atoms with Gasteiger partial charge < -0.3 is 81.0 Å². The van der Waals surface area contributed by atoms with E-state index in [0.29, 0.717) is 22.9 Å². The highest BCUT2D eigenvalue weighted by molar-refractivity contribution is 5.99. The number of nitrogens with zero attached hydrogens (tertiary/aromatic N) is 1. The van der Waals surface area contributed by atoms with E-state index in [4.69, 9.17) is 28.7 Å². The van der Waals surface area contributed by atoms with Gasteiger partial charge in [-0.3, -0.25) is 48.1 Å². The van der Waals surface area contributed by atoms with Crippen LogP contribution < -0.4 is 65.9 Å². The first-order valence-corrected chi connectivity index (χ1v) is 25.3. The molecule has 0 saturated heterocycles. The van der Waals surface area contributed by atoms with Crippen molar-refractivity contribution in [2.75, 3.05) is 13.1 Å². The number of amides is 9. The first-order chi connectivity index (χ1) is 36.5. The molecule has 0 radical (unpaired) electrons. The van der Waals surface area contributed by atoms with Gasteiger partial charge in [0, 0.05) is 53.6 Å². The van der Waals surface area contributed by atoms with Crippen molar-refractivity contribution in [1.29, 1.82) is 0 Å². The van der Waals surface area contributed by atoms with Crippen LogP contribution in [0.1, 0.15) is 83.8 Å². The van der Waals surface area contributed by atoms with Gasteiger partial charge in [0.25, 0.3) is 0 Å². The van der Waals surface area contributed by atoms with E-state index in [-0.39, 0.29) is 63.4 Å². The molecule has 0 aliphatic rings. The number of H-pyrrole nitrogens is 2. The largest absolute Gasteiger partial charge is 0.480 e. The van der Waals surface area contributed by atoms with Crippen molar-refractivity contribution in [3.63, 3.8) is 0 Å². The summed E-state index contributed by atoms with van der Waals surface area (Å²) >= 11 is 0. The van der Waals surface area contributed by atoms with Gasteiger partial charge in [-0.15, -0.1) is 0 Å². The Hall–Kier alpha value is -8.55. The standard InChI is InChI=1S/C51H73N15O11/c1-5-27(4)43(50(76)77)66-49(75)38(21-29-24-59-34-14-9-7-12-31(29)34)64-48(74)39(22-41(54)68)65-46(72)35(15-10-18-57-51(55)56)61-42(69)25-60-45(71)37(19-26(2)3)63-47(73)36(16-17-40(53)67)62-44(70)32(52)20-28-23-58-33-13-8-6-11-30(28)33/h6-9,11-14,23-24,26-27,32,35-39,43,58-59H,5,10,15-22,25,52H2,1-4H3,(H2,53,67)(H2,54,68)(H,60,71)(H,61,69)(H,62,70)(H,63,73)(H,64,74)(H,65,72)(H,66,75)(H,76,77)(H4,55,56,57)/t27-,32-,35-,36-,37-,38-,39-,43-/m0/s1. The highest BCUT2D eigenvalue weighted by Gasteiger charge is 2.35. The molecular weight excluding hydrogens is 999 g/mol. The summed E-state index contributed by atoms with van der Waals surface area (Å²) in [6, 6.07) is 4.84. The van der Waals surface area contributed by atoms with Gasteiger partial charge in [-0.05, 0) is 67.2 Å². The number of carboxylic acid groups (broad SMARTS) is 1. The lowest BCUT2D eigenvalue weighted by molar-refractivity contribution is -0.144. The van der Waals surface area contributed by atoms with Crippen LogP contribution in [0.15, 0.2) is 65.9 Å². The molecule has 8 atom stereocenters. The molecule has 0 aliphatic carbocycles. The monoisotopic (exact) mass is 1070 g/mol. The van der Waals surface area contributed by atoms with E-state index in [9.17, 15) is 53.1 Å². The number of carbonyl (C=O) groups is 10. The SMILES string of the molecule is CC[C@H](C)[C@H](NC(=O)[C@H](Cc1c[nH]c2ccccc12)NC(=O)[C@H](CC(N)=O)NC(=O)[C@H](CCCN=C(N)N)NC(=O)CNC(=O)[C@H](CC(C)C)NC(=O)[C@H](CCC(N)=O)NC(=O)[C@@H](N)Cc1c[nH]c2ccccc12)C(=O)O. The van der Waals surface area contributed by atoms with Crippen LogP contribution in [0.5, 0.6) is 0 Å². The Kier molecular flexibility index (Phi) is 23.4. The van der Waals surface area contributed by atoms with Gasteiger partial charge in [-0.1, -0.05) is 70.5 Å². The van der Waals surface area contributed by atoms with E-state index in [2.05, 4.69) is 52.2 Å². The molecule has 0 saturated carbocycles. The molecule has 0 bridgehead atoms. The summed E-state index contributed by atoms with van der Waals surface area (Å²) in [5.74, 6) is -10.2. The number of nitrogens with two attached hydrogens (primary N) is 5. The molecule has 0 fully saturated rings. The number of carboxylic acids is 1. The summed E-state index contributed by atoms with van der Waals surface area (Å²) in [5.41, 5.74) is 31.0. The number of hydrogen-bond acceptors (Lipinski definition) is 12. The fraction of sp³-hybridized carbons (Fsp3) is 0.471. The lowest BCUT2D eigenvalue weighted by Gasteiger charge is -2.27. The minimum Gasteiger partial charge on any atom is -0.480 e. The van der Waals surface area contributed by atoms with Crippen LogP contribution in [0.25, 0.3) is 21.8 Å². The van der Waals surface area contributed by atoms with E-state index < -0.39 is 120 Å². The molecule has 77 heavy (non-hydrogen) atoms. The van der Waals surface area contributed by atoms with Crippen LogP contribution >= 0.6 is 0 Å². The number of aliphatic carboxylic acids is 1. The predicted octanol–water partition coefficient (Wildman–Crippen LogP) is -1.84. The predicted molar refractivity (Wildman–Crippen MR) is 285 cm³/mol. The maximum atomic E-state index is 14.1. The van der Waals surface area contributed by atoms with Crippen molar-refractivity contribution in [1.82, 2.24) is 47.2 Å². The Morgan fingerprint density at radius 2 is 1.13 bits per heavy atom.